The Labute approximate surface area is 153 Å². The Morgan fingerprint density at radius 1 is 1.31 bits per heavy atom. The highest BCUT2D eigenvalue weighted by atomic mass is 16.5. The first kappa shape index (κ1) is 19.4. The van der Waals surface area contributed by atoms with Crippen molar-refractivity contribution in [1.82, 2.24) is 10.2 Å². The first-order valence-electron chi connectivity index (χ1n) is 8.57. The molecule has 0 aliphatic rings. The van der Waals surface area contributed by atoms with Crippen LogP contribution in [0, 0.1) is 6.92 Å². The fourth-order valence-corrected chi connectivity index (χ4v) is 2.33. The highest BCUT2D eigenvalue weighted by Gasteiger charge is 2.09. The molecule has 0 radical (unpaired) electrons. The molecule has 0 aliphatic heterocycles. The van der Waals surface area contributed by atoms with Crippen LogP contribution in [0.4, 0.5) is 0 Å². The van der Waals surface area contributed by atoms with Crippen molar-refractivity contribution in [3.63, 3.8) is 0 Å². The number of furan rings is 1. The van der Waals surface area contributed by atoms with E-state index in [1.165, 1.54) is 0 Å². The fourth-order valence-electron chi connectivity index (χ4n) is 2.33. The van der Waals surface area contributed by atoms with Crippen LogP contribution in [0.15, 0.2) is 45.8 Å². The molecule has 7 nitrogen and oxygen atoms in total. The zero-order valence-corrected chi connectivity index (χ0v) is 15.5. The van der Waals surface area contributed by atoms with E-state index in [0.29, 0.717) is 25.5 Å². The van der Waals surface area contributed by atoms with Gasteiger partial charge in [0.1, 0.15) is 24.7 Å². The maximum Gasteiger partial charge on any atom is 0.284 e. The molecule has 0 saturated carbocycles. The SMILES string of the molecule is CCNC(=NCc1ccc(C(N)=O)o1)N(C)CCOc1ccccc1C. The van der Waals surface area contributed by atoms with Crippen molar-refractivity contribution in [2.45, 2.75) is 20.4 Å². The highest BCUT2D eigenvalue weighted by molar-refractivity contribution is 5.89. The van der Waals surface area contributed by atoms with Gasteiger partial charge >= 0.3 is 0 Å². The first-order valence-corrected chi connectivity index (χ1v) is 8.57. The van der Waals surface area contributed by atoms with Crippen LogP contribution >= 0.6 is 0 Å². The second kappa shape index (κ2) is 9.50. The number of rotatable bonds is 8. The van der Waals surface area contributed by atoms with Gasteiger partial charge in [0.05, 0.1) is 6.54 Å². The van der Waals surface area contributed by atoms with Crippen molar-refractivity contribution in [1.29, 1.82) is 0 Å². The number of benzene rings is 1. The second-order valence-electron chi connectivity index (χ2n) is 5.84. The molecule has 0 spiro atoms. The third kappa shape index (κ3) is 5.54. The minimum atomic E-state index is -0.586. The molecule has 1 amide bonds. The number of amides is 1. The van der Waals surface area contributed by atoms with Gasteiger partial charge in [-0.2, -0.15) is 0 Å². The number of likely N-dealkylation sites (N-methyl/N-ethyl adjacent to an activating group) is 1. The molecule has 0 fully saturated rings. The van der Waals surface area contributed by atoms with Crippen LogP contribution < -0.4 is 15.8 Å². The highest BCUT2D eigenvalue weighted by Crippen LogP contribution is 2.15. The lowest BCUT2D eigenvalue weighted by atomic mass is 10.2. The summed E-state index contributed by atoms with van der Waals surface area (Å²) in [5.41, 5.74) is 6.30. The molecular formula is C19H26N4O3. The monoisotopic (exact) mass is 358 g/mol. The first-order chi connectivity index (χ1) is 12.5. The van der Waals surface area contributed by atoms with E-state index >= 15 is 0 Å². The number of aryl methyl sites for hydroxylation is 1. The van der Waals surface area contributed by atoms with Gasteiger partial charge in [0.15, 0.2) is 11.7 Å². The average Bonchev–Trinajstić information content (AvgIpc) is 3.09. The van der Waals surface area contributed by atoms with Crippen LogP contribution in [0.2, 0.25) is 0 Å². The molecule has 0 bridgehead atoms. The Balaban J connectivity index is 1.91. The molecule has 1 aromatic carbocycles. The van der Waals surface area contributed by atoms with Gasteiger partial charge < -0.3 is 25.1 Å². The lowest BCUT2D eigenvalue weighted by molar-refractivity contribution is 0.0972. The number of nitrogens with one attached hydrogen (secondary N) is 1. The van der Waals surface area contributed by atoms with Crippen molar-refractivity contribution in [2.24, 2.45) is 10.7 Å². The van der Waals surface area contributed by atoms with E-state index in [1.807, 2.05) is 50.1 Å². The standard InChI is InChI=1S/C19H26N4O3/c1-4-21-19(22-13-15-9-10-17(26-15)18(20)24)23(3)11-12-25-16-8-6-5-7-14(16)2/h5-10H,4,11-13H2,1-3H3,(H2,20,24)(H,21,22). The smallest absolute Gasteiger partial charge is 0.284 e. The number of aliphatic imine (C=N–C) groups is 1. The summed E-state index contributed by atoms with van der Waals surface area (Å²) in [5, 5.41) is 3.23. The molecule has 0 saturated heterocycles. The predicted octanol–water partition coefficient (Wildman–Crippen LogP) is 2.16. The molecular weight excluding hydrogens is 332 g/mol. The molecule has 1 aromatic heterocycles. The quantitative estimate of drug-likeness (QED) is 0.557. The van der Waals surface area contributed by atoms with Crippen LogP contribution in [0.5, 0.6) is 5.75 Å². The van der Waals surface area contributed by atoms with E-state index in [0.717, 1.165) is 23.8 Å². The summed E-state index contributed by atoms with van der Waals surface area (Å²) in [6.07, 6.45) is 0. The molecule has 0 atom stereocenters. The van der Waals surface area contributed by atoms with Crippen molar-refractivity contribution in [3.8, 4) is 5.75 Å². The van der Waals surface area contributed by atoms with Crippen molar-refractivity contribution in [2.75, 3.05) is 26.7 Å². The summed E-state index contributed by atoms with van der Waals surface area (Å²) in [4.78, 5) is 17.6. The summed E-state index contributed by atoms with van der Waals surface area (Å²) in [6, 6.07) is 11.2. The molecule has 7 heteroatoms. The number of ether oxygens (including phenoxy) is 1. The van der Waals surface area contributed by atoms with Gasteiger partial charge in [0.2, 0.25) is 0 Å². The van der Waals surface area contributed by atoms with Gasteiger partial charge in [-0.1, -0.05) is 18.2 Å². The molecule has 3 N–H and O–H groups in total. The summed E-state index contributed by atoms with van der Waals surface area (Å²) in [6.45, 7) is 6.30. The van der Waals surface area contributed by atoms with Gasteiger partial charge in [-0.3, -0.25) is 4.79 Å². The lowest BCUT2D eigenvalue weighted by Crippen LogP contribution is -2.40. The fraction of sp³-hybridized carbons (Fsp3) is 0.368. The van der Waals surface area contributed by atoms with Crippen LogP contribution in [0.1, 0.15) is 28.8 Å². The molecule has 26 heavy (non-hydrogen) atoms. The van der Waals surface area contributed by atoms with E-state index in [-0.39, 0.29) is 5.76 Å². The van der Waals surface area contributed by atoms with Crippen molar-refractivity contribution >= 4 is 11.9 Å². The summed E-state index contributed by atoms with van der Waals surface area (Å²) in [5.74, 6) is 1.76. The van der Waals surface area contributed by atoms with Crippen LogP contribution in [-0.4, -0.2) is 43.5 Å². The third-order valence-corrected chi connectivity index (χ3v) is 3.76. The number of para-hydroxylation sites is 1. The molecule has 140 valence electrons. The topological polar surface area (TPSA) is 93.1 Å². The molecule has 0 aliphatic carbocycles. The number of hydrogen-bond acceptors (Lipinski definition) is 4. The number of primary amides is 1. The average molecular weight is 358 g/mol. The number of hydrogen-bond donors (Lipinski definition) is 2. The minimum Gasteiger partial charge on any atom is -0.491 e. The van der Waals surface area contributed by atoms with E-state index in [1.54, 1.807) is 12.1 Å². The number of carbonyl (C=O) groups excluding carboxylic acids is 1. The van der Waals surface area contributed by atoms with E-state index in [2.05, 4.69) is 10.3 Å². The molecule has 1 heterocycles. The Kier molecular flexibility index (Phi) is 7.08. The Bertz CT molecular complexity index is 755. The normalized spacial score (nSPS) is 11.3. The zero-order valence-electron chi connectivity index (χ0n) is 15.5. The number of nitrogens with two attached hydrogens (primary N) is 1. The summed E-state index contributed by atoms with van der Waals surface area (Å²) in [7, 11) is 1.94. The Morgan fingerprint density at radius 2 is 2.08 bits per heavy atom. The van der Waals surface area contributed by atoms with E-state index in [4.69, 9.17) is 14.9 Å². The second-order valence-corrected chi connectivity index (χ2v) is 5.84. The third-order valence-electron chi connectivity index (χ3n) is 3.76. The van der Waals surface area contributed by atoms with Gasteiger partial charge in [-0.05, 0) is 37.6 Å². The van der Waals surface area contributed by atoms with Crippen LogP contribution in [0.25, 0.3) is 0 Å². The van der Waals surface area contributed by atoms with E-state index < -0.39 is 5.91 Å². The number of guanidine groups is 1. The summed E-state index contributed by atoms with van der Waals surface area (Å²) >= 11 is 0. The van der Waals surface area contributed by atoms with Gasteiger partial charge in [-0.15, -0.1) is 0 Å². The van der Waals surface area contributed by atoms with Crippen molar-refractivity contribution in [3.05, 3.63) is 53.5 Å². The largest absolute Gasteiger partial charge is 0.491 e. The lowest BCUT2D eigenvalue weighted by Gasteiger charge is -2.22. The van der Waals surface area contributed by atoms with E-state index in [9.17, 15) is 4.79 Å². The van der Waals surface area contributed by atoms with Crippen LogP contribution in [-0.2, 0) is 6.54 Å². The van der Waals surface area contributed by atoms with Gasteiger partial charge in [-0.25, -0.2) is 4.99 Å². The number of nitrogens with zero attached hydrogens (tertiary/aromatic N) is 2. The van der Waals surface area contributed by atoms with Gasteiger partial charge in [0.25, 0.3) is 5.91 Å². The van der Waals surface area contributed by atoms with Crippen molar-refractivity contribution < 1.29 is 13.9 Å². The summed E-state index contributed by atoms with van der Waals surface area (Å²) < 4.78 is 11.2. The number of carbonyl (C=O) groups is 1. The predicted molar refractivity (Wildman–Crippen MR) is 101 cm³/mol. The molecule has 2 aromatic rings. The Morgan fingerprint density at radius 3 is 2.73 bits per heavy atom. The minimum absolute atomic E-state index is 0.139. The molecule has 2 rings (SSSR count). The molecule has 0 unspecified atom stereocenters. The Hall–Kier alpha value is -2.96. The zero-order chi connectivity index (χ0) is 18.9. The van der Waals surface area contributed by atoms with Gasteiger partial charge in [0, 0.05) is 13.6 Å². The maximum atomic E-state index is 11.1. The maximum absolute atomic E-state index is 11.1. The van der Waals surface area contributed by atoms with Crippen LogP contribution in [0.3, 0.4) is 0 Å².